The van der Waals surface area contributed by atoms with E-state index in [1.54, 1.807) is 30.6 Å². The van der Waals surface area contributed by atoms with Crippen LogP contribution in [-0.2, 0) is 0 Å². The molecule has 5 heteroatoms. The zero-order valence-electron chi connectivity index (χ0n) is 10.9. The van der Waals surface area contributed by atoms with Crippen molar-refractivity contribution in [1.82, 2.24) is 0 Å². The van der Waals surface area contributed by atoms with Gasteiger partial charge in [-0.05, 0) is 41.6 Å². The maximum atomic E-state index is 10.4. The maximum absolute atomic E-state index is 10.4. The molecular weight excluding hydrogens is 284 g/mol. The maximum Gasteiger partial charge on any atom is 0.179 e. The molecule has 0 saturated carbocycles. The van der Waals surface area contributed by atoms with E-state index in [4.69, 9.17) is 21.1 Å². The van der Waals surface area contributed by atoms with Crippen LogP contribution >= 0.6 is 22.9 Å². The Morgan fingerprint density at radius 3 is 2.42 bits per heavy atom. The summed E-state index contributed by atoms with van der Waals surface area (Å²) in [6.07, 6.45) is -0.720. The third-order valence-corrected chi connectivity index (χ3v) is 4.00. The summed E-state index contributed by atoms with van der Waals surface area (Å²) in [4.78, 5) is 1.15. The van der Waals surface area contributed by atoms with Crippen molar-refractivity contribution in [3.8, 4) is 11.5 Å². The van der Waals surface area contributed by atoms with Gasteiger partial charge >= 0.3 is 0 Å². The number of rotatable bonds is 4. The normalized spacial score (nSPS) is 12.3. The first-order valence-electron chi connectivity index (χ1n) is 5.71. The molecule has 19 heavy (non-hydrogen) atoms. The van der Waals surface area contributed by atoms with Crippen LogP contribution in [-0.4, -0.2) is 19.3 Å². The third-order valence-electron chi connectivity index (χ3n) is 2.84. The number of thiophene rings is 1. The number of halogens is 1. The zero-order valence-corrected chi connectivity index (χ0v) is 12.5. The molecule has 2 aromatic rings. The van der Waals surface area contributed by atoms with Crippen LogP contribution in [0.15, 0.2) is 23.6 Å². The third kappa shape index (κ3) is 2.86. The molecule has 0 aliphatic heterocycles. The van der Waals surface area contributed by atoms with Crippen LogP contribution in [0.4, 0.5) is 0 Å². The van der Waals surface area contributed by atoms with Gasteiger partial charge in [-0.15, -0.1) is 11.3 Å². The number of aryl methyl sites for hydroxylation is 1. The second kappa shape index (κ2) is 5.82. The Morgan fingerprint density at radius 2 is 1.89 bits per heavy atom. The predicted molar refractivity (Wildman–Crippen MR) is 77.7 cm³/mol. The van der Waals surface area contributed by atoms with Crippen LogP contribution in [0.3, 0.4) is 0 Å². The van der Waals surface area contributed by atoms with Crippen molar-refractivity contribution in [2.24, 2.45) is 0 Å². The molecule has 0 radical (unpaired) electrons. The highest BCUT2D eigenvalue weighted by Gasteiger charge is 2.17. The molecule has 1 heterocycles. The highest BCUT2D eigenvalue weighted by atomic mass is 35.5. The van der Waals surface area contributed by atoms with E-state index in [-0.39, 0.29) is 0 Å². The predicted octanol–water partition coefficient (Wildman–Crippen LogP) is 3.81. The molecular formula is C14H15ClO3S. The fourth-order valence-electron chi connectivity index (χ4n) is 1.90. The molecule has 102 valence electrons. The summed E-state index contributed by atoms with van der Waals surface area (Å²) in [6.45, 7) is 2.00. The molecule has 0 spiro atoms. The minimum atomic E-state index is -0.720. The molecule has 3 nitrogen and oxygen atoms in total. The Hall–Kier alpha value is -1.23. The number of ether oxygens (including phenoxy) is 2. The van der Waals surface area contributed by atoms with Gasteiger partial charge in [-0.1, -0.05) is 11.6 Å². The molecule has 2 rings (SSSR count). The summed E-state index contributed by atoms with van der Waals surface area (Å²) < 4.78 is 10.4. The summed E-state index contributed by atoms with van der Waals surface area (Å²) >= 11 is 7.74. The largest absolute Gasteiger partial charge is 0.493 e. The van der Waals surface area contributed by atoms with Gasteiger partial charge in [0.05, 0.1) is 19.2 Å². The van der Waals surface area contributed by atoms with Crippen molar-refractivity contribution in [3.05, 3.63) is 44.6 Å². The van der Waals surface area contributed by atoms with Crippen molar-refractivity contribution in [1.29, 1.82) is 0 Å². The van der Waals surface area contributed by atoms with Crippen LogP contribution in [0.1, 0.15) is 22.1 Å². The first-order chi connectivity index (χ1) is 9.06. The van der Waals surface area contributed by atoms with Gasteiger partial charge in [-0.2, -0.15) is 0 Å². The number of aliphatic hydroxyl groups excluding tert-OH is 1. The van der Waals surface area contributed by atoms with Crippen molar-refractivity contribution < 1.29 is 14.6 Å². The molecule has 1 N–H and O–H groups in total. The molecule has 0 amide bonds. The number of hydrogen-bond acceptors (Lipinski definition) is 4. The standard InChI is InChI=1S/C14H15ClO3S/c1-8-4-10(7-19-8)13(16)9-5-11(15)14(18-3)12(6-9)17-2/h4-7,13,16H,1-3H3. The number of methoxy groups -OCH3 is 2. The van der Waals surface area contributed by atoms with Gasteiger partial charge in [0.25, 0.3) is 0 Å². The fourth-order valence-corrected chi connectivity index (χ4v) is 2.91. The molecule has 1 atom stereocenters. The van der Waals surface area contributed by atoms with Crippen LogP contribution in [0.25, 0.3) is 0 Å². The van der Waals surface area contributed by atoms with Crippen LogP contribution < -0.4 is 9.47 Å². The molecule has 1 unspecified atom stereocenters. The average molecular weight is 299 g/mol. The number of benzene rings is 1. The molecule has 0 aliphatic carbocycles. The molecule has 0 fully saturated rings. The number of hydrogen-bond donors (Lipinski definition) is 1. The van der Waals surface area contributed by atoms with E-state index >= 15 is 0 Å². The first kappa shape index (κ1) is 14.2. The Bertz CT molecular complexity index is 580. The Morgan fingerprint density at radius 1 is 1.16 bits per heavy atom. The van der Waals surface area contributed by atoms with Crippen molar-refractivity contribution in [2.75, 3.05) is 14.2 Å². The molecule has 0 bridgehead atoms. The zero-order chi connectivity index (χ0) is 14.0. The molecule has 0 saturated heterocycles. The lowest BCUT2D eigenvalue weighted by molar-refractivity contribution is 0.220. The smallest absolute Gasteiger partial charge is 0.179 e. The summed E-state index contributed by atoms with van der Waals surface area (Å²) in [5, 5.41) is 12.7. The minimum Gasteiger partial charge on any atom is -0.493 e. The topological polar surface area (TPSA) is 38.7 Å². The van der Waals surface area contributed by atoms with Crippen molar-refractivity contribution in [3.63, 3.8) is 0 Å². The van der Waals surface area contributed by atoms with E-state index in [0.29, 0.717) is 22.1 Å². The van der Waals surface area contributed by atoms with E-state index in [9.17, 15) is 5.11 Å². The van der Waals surface area contributed by atoms with Crippen molar-refractivity contribution in [2.45, 2.75) is 13.0 Å². The van der Waals surface area contributed by atoms with Gasteiger partial charge in [-0.25, -0.2) is 0 Å². The average Bonchev–Trinajstić information content (AvgIpc) is 2.83. The lowest BCUT2D eigenvalue weighted by Crippen LogP contribution is -2.00. The summed E-state index contributed by atoms with van der Waals surface area (Å²) in [5.74, 6) is 0.984. The van der Waals surface area contributed by atoms with Gasteiger partial charge in [0.15, 0.2) is 11.5 Å². The van der Waals surface area contributed by atoms with E-state index < -0.39 is 6.10 Å². The van der Waals surface area contributed by atoms with Crippen LogP contribution in [0.5, 0.6) is 11.5 Å². The quantitative estimate of drug-likeness (QED) is 0.933. The molecule has 1 aromatic heterocycles. The second-order valence-corrected chi connectivity index (χ2v) is 5.65. The van der Waals surface area contributed by atoms with Gasteiger partial charge in [0, 0.05) is 4.88 Å². The van der Waals surface area contributed by atoms with Gasteiger partial charge in [0.2, 0.25) is 0 Å². The summed E-state index contributed by atoms with van der Waals surface area (Å²) in [6, 6.07) is 5.39. The van der Waals surface area contributed by atoms with Crippen LogP contribution in [0, 0.1) is 6.92 Å². The highest BCUT2D eigenvalue weighted by Crippen LogP contribution is 2.39. The number of aliphatic hydroxyl groups is 1. The van der Waals surface area contributed by atoms with Crippen LogP contribution in [0.2, 0.25) is 5.02 Å². The van der Waals surface area contributed by atoms with Gasteiger partial charge in [0.1, 0.15) is 6.10 Å². The van der Waals surface area contributed by atoms with Crippen molar-refractivity contribution >= 4 is 22.9 Å². The second-order valence-electron chi connectivity index (χ2n) is 4.13. The van der Waals surface area contributed by atoms with E-state index in [0.717, 1.165) is 10.4 Å². The van der Waals surface area contributed by atoms with Gasteiger partial charge < -0.3 is 14.6 Å². The lowest BCUT2D eigenvalue weighted by atomic mass is 10.0. The Kier molecular flexibility index (Phi) is 4.34. The lowest BCUT2D eigenvalue weighted by Gasteiger charge is -2.15. The first-order valence-corrected chi connectivity index (χ1v) is 6.97. The molecule has 0 aliphatic rings. The monoisotopic (exact) mass is 298 g/mol. The summed E-state index contributed by atoms with van der Waals surface area (Å²) in [5.41, 5.74) is 1.53. The Labute approximate surface area is 121 Å². The van der Waals surface area contributed by atoms with E-state index in [1.807, 2.05) is 18.4 Å². The summed E-state index contributed by atoms with van der Waals surface area (Å²) in [7, 11) is 3.07. The van der Waals surface area contributed by atoms with Gasteiger partial charge in [-0.3, -0.25) is 0 Å². The van der Waals surface area contributed by atoms with E-state index in [2.05, 4.69) is 0 Å². The SMILES string of the molecule is COc1cc(C(O)c2csc(C)c2)cc(Cl)c1OC. The fraction of sp³-hybridized carbons (Fsp3) is 0.286. The molecule has 1 aromatic carbocycles. The highest BCUT2D eigenvalue weighted by molar-refractivity contribution is 7.10. The minimum absolute atomic E-state index is 0.419. The van der Waals surface area contributed by atoms with E-state index in [1.165, 1.54) is 7.11 Å². The Balaban J connectivity index is 2.42.